The summed E-state index contributed by atoms with van der Waals surface area (Å²) < 4.78 is 40.2. The summed E-state index contributed by atoms with van der Waals surface area (Å²) in [7, 11) is 0. The Balaban J connectivity index is 2.07. The van der Waals surface area contributed by atoms with Gasteiger partial charge in [0.1, 0.15) is 0 Å². The number of amides is 3. The summed E-state index contributed by atoms with van der Waals surface area (Å²) in [6.07, 6.45) is 0.509. The maximum Gasteiger partial charge on any atom is 0.317 e. The van der Waals surface area contributed by atoms with E-state index in [1.54, 1.807) is 4.90 Å². The number of carbonyl (C=O) groups excluding carboxylic acids is 2. The highest BCUT2D eigenvalue weighted by Gasteiger charge is 2.27. The van der Waals surface area contributed by atoms with Crippen LogP contribution in [-0.2, 0) is 0 Å². The molecule has 0 spiro atoms. The average Bonchev–Trinajstić information content (AvgIpc) is 2.76. The highest BCUT2D eigenvalue weighted by atomic mass is 19.2. The first-order chi connectivity index (χ1) is 11.6. The molecular formula is C17H22F3N3O2. The maximum atomic E-state index is 13.8. The van der Waals surface area contributed by atoms with Crippen LogP contribution in [0.5, 0.6) is 0 Å². The number of rotatable bonds is 1. The predicted octanol–water partition coefficient (Wildman–Crippen LogP) is 2.76. The van der Waals surface area contributed by atoms with Gasteiger partial charge in [0.05, 0.1) is 5.56 Å². The van der Waals surface area contributed by atoms with Gasteiger partial charge in [-0.2, -0.15) is 0 Å². The van der Waals surface area contributed by atoms with Gasteiger partial charge in [-0.05, 0) is 39.3 Å². The van der Waals surface area contributed by atoms with Crippen molar-refractivity contribution in [2.45, 2.75) is 32.7 Å². The summed E-state index contributed by atoms with van der Waals surface area (Å²) in [4.78, 5) is 27.6. The molecule has 1 heterocycles. The second-order valence-corrected chi connectivity index (χ2v) is 7.04. The van der Waals surface area contributed by atoms with Gasteiger partial charge in [-0.3, -0.25) is 4.79 Å². The third-order valence-corrected chi connectivity index (χ3v) is 3.82. The Morgan fingerprint density at radius 1 is 0.960 bits per heavy atom. The van der Waals surface area contributed by atoms with Crippen LogP contribution in [0.15, 0.2) is 12.1 Å². The highest BCUT2D eigenvalue weighted by molar-refractivity contribution is 5.94. The molecule has 0 aliphatic carbocycles. The minimum atomic E-state index is -1.66. The summed E-state index contributed by atoms with van der Waals surface area (Å²) in [5.41, 5.74) is -0.889. The number of benzene rings is 1. The van der Waals surface area contributed by atoms with Crippen molar-refractivity contribution in [2.24, 2.45) is 0 Å². The fourth-order valence-electron chi connectivity index (χ4n) is 2.58. The molecule has 8 heteroatoms. The van der Waals surface area contributed by atoms with Crippen LogP contribution in [0.3, 0.4) is 0 Å². The quantitative estimate of drug-likeness (QED) is 0.786. The van der Waals surface area contributed by atoms with Gasteiger partial charge in [0.15, 0.2) is 17.5 Å². The van der Waals surface area contributed by atoms with Gasteiger partial charge in [-0.15, -0.1) is 0 Å². The molecule has 0 saturated carbocycles. The van der Waals surface area contributed by atoms with E-state index in [1.807, 2.05) is 20.8 Å². The molecule has 5 nitrogen and oxygen atoms in total. The number of urea groups is 1. The lowest BCUT2D eigenvalue weighted by Gasteiger charge is -2.27. The van der Waals surface area contributed by atoms with Crippen molar-refractivity contribution in [3.63, 3.8) is 0 Å². The first kappa shape index (κ1) is 19.1. The fourth-order valence-corrected chi connectivity index (χ4v) is 2.58. The van der Waals surface area contributed by atoms with Crippen molar-refractivity contribution in [2.75, 3.05) is 26.2 Å². The summed E-state index contributed by atoms with van der Waals surface area (Å²) in [6, 6.07) is 1.43. The molecule has 1 N–H and O–H groups in total. The molecule has 0 atom stereocenters. The van der Waals surface area contributed by atoms with E-state index in [0.717, 1.165) is 12.1 Å². The van der Waals surface area contributed by atoms with Crippen molar-refractivity contribution in [3.8, 4) is 0 Å². The number of halogens is 3. The fraction of sp³-hybridized carbons (Fsp3) is 0.529. The molecule has 1 fully saturated rings. The van der Waals surface area contributed by atoms with E-state index in [-0.39, 0.29) is 24.7 Å². The van der Waals surface area contributed by atoms with Crippen LogP contribution in [0.25, 0.3) is 0 Å². The Morgan fingerprint density at radius 2 is 1.56 bits per heavy atom. The normalized spacial score (nSPS) is 15.8. The topological polar surface area (TPSA) is 52.7 Å². The lowest BCUT2D eigenvalue weighted by Crippen LogP contribution is -2.49. The maximum absolute atomic E-state index is 13.8. The molecule has 1 aromatic carbocycles. The monoisotopic (exact) mass is 357 g/mol. The first-order valence-electron chi connectivity index (χ1n) is 8.10. The molecular weight excluding hydrogens is 335 g/mol. The van der Waals surface area contributed by atoms with Crippen molar-refractivity contribution >= 4 is 11.9 Å². The minimum absolute atomic E-state index is 0.189. The molecule has 0 aromatic heterocycles. The van der Waals surface area contributed by atoms with E-state index in [2.05, 4.69) is 5.32 Å². The average molecular weight is 357 g/mol. The van der Waals surface area contributed by atoms with Crippen LogP contribution in [0.1, 0.15) is 37.6 Å². The number of hydrogen-bond acceptors (Lipinski definition) is 2. The zero-order valence-corrected chi connectivity index (χ0v) is 14.5. The van der Waals surface area contributed by atoms with E-state index in [9.17, 15) is 22.8 Å². The zero-order valence-electron chi connectivity index (χ0n) is 14.5. The second-order valence-electron chi connectivity index (χ2n) is 7.04. The standard InChI is InChI=1S/C17H22F3N3O2/c1-17(2,3)21-16(25)23-8-4-7-22(9-10-23)15(24)11-5-6-12(18)14(20)13(11)19/h5-6H,4,7-10H2,1-3H3,(H,21,25). The van der Waals surface area contributed by atoms with Gasteiger partial charge in [0.2, 0.25) is 0 Å². The minimum Gasteiger partial charge on any atom is -0.337 e. The van der Waals surface area contributed by atoms with Gasteiger partial charge in [0, 0.05) is 31.7 Å². The third kappa shape index (κ3) is 4.64. The van der Waals surface area contributed by atoms with Crippen LogP contribution in [0.2, 0.25) is 0 Å². The lowest BCUT2D eigenvalue weighted by molar-refractivity contribution is 0.0756. The largest absolute Gasteiger partial charge is 0.337 e. The Hall–Kier alpha value is -2.25. The van der Waals surface area contributed by atoms with E-state index in [4.69, 9.17) is 0 Å². The molecule has 1 aliphatic rings. The first-order valence-corrected chi connectivity index (χ1v) is 8.10. The molecule has 1 aliphatic heterocycles. The van der Waals surface area contributed by atoms with Crippen LogP contribution in [0.4, 0.5) is 18.0 Å². The molecule has 2 rings (SSSR count). The zero-order chi connectivity index (χ0) is 18.8. The van der Waals surface area contributed by atoms with E-state index >= 15 is 0 Å². The van der Waals surface area contributed by atoms with Gasteiger partial charge in [0.25, 0.3) is 5.91 Å². The highest BCUT2D eigenvalue weighted by Crippen LogP contribution is 2.18. The number of hydrogen-bond donors (Lipinski definition) is 1. The Kier molecular flexibility index (Phi) is 5.59. The lowest BCUT2D eigenvalue weighted by atomic mass is 10.1. The number of carbonyl (C=O) groups is 2. The van der Waals surface area contributed by atoms with Gasteiger partial charge >= 0.3 is 6.03 Å². The molecule has 1 aromatic rings. The van der Waals surface area contributed by atoms with Crippen LogP contribution < -0.4 is 5.32 Å². The van der Waals surface area contributed by atoms with Gasteiger partial charge in [-0.25, -0.2) is 18.0 Å². The molecule has 3 amide bonds. The Labute approximate surface area is 144 Å². The SMILES string of the molecule is CC(C)(C)NC(=O)N1CCCN(C(=O)c2ccc(F)c(F)c2F)CC1. The molecule has 138 valence electrons. The van der Waals surface area contributed by atoms with Crippen LogP contribution >= 0.6 is 0 Å². The van der Waals surface area contributed by atoms with Crippen molar-refractivity contribution in [1.82, 2.24) is 15.1 Å². The van der Waals surface area contributed by atoms with Gasteiger partial charge in [-0.1, -0.05) is 0 Å². The van der Waals surface area contributed by atoms with Gasteiger partial charge < -0.3 is 15.1 Å². The Bertz CT molecular complexity index is 674. The summed E-state index contributed by atoms with van der Waals surface area (Å²) in [5.74, 6) is -5.20. The van der Waals surface area contributed by atoms with Crippen molar-refractivity contribution < 1.29 is 22.8 Å². The second kappa shape index (κ2) is 7.33. The van der Waals surface area contributed by atoms with E-state index in [0.29, 0.717) is 19.5 Å². The molecule has 1 saturated heterocycles. The third-order valence-electron chi connectivity index (χ3n) is 3.82. The van der Waals surface area contributed by atoms with Crippen LogP contribution in [0, 0.1) is 17.5 Å². The van der Waals surface area contributed by atoms with Crippen molar-refractivity contribution in [1.29, 1.82) is 0 Å². The number of nitrogens with zero attached hydrogens (tertiary/aromatic N) is 2. The predicted molar refractivity (Wildman–Crippen MR) is 86.7 cm³/mol. The smallest absolute Gasteiger partial charge is 0.317 e. The molecule has 25 heavy (non-hydrogen) atoms. The molecule has 0 radical (unpaired) electrons. The molecule has 0 unspecified atom stereocenters. The summed E-state index contributed by atoms with van der Waals surface area (Å²) in [6.45, 7) is 6.82. The van der Waals surface area contributed by atoms with Crippen LogP contribution in [-0.4, -0.2) is 53.5 Å². The molecule has 0 bridgehead atoms. The number of nitrogens with one attached hydrogen (secondary N) is 1. The summed E-state index contributed by atoms with van der Waals surface area (Å²) in [5, 5.41) is 2.85. The van der Waals surface area contributed by atoms with E-state index < -0.39 is 28.9 Å². The summed E-state index contributed by atoms with van der Waals surface area (Å²) >= 11 is 0. The Morgan fingerprint density at radius 3 is 2.20 bits per heavy atom. The van der Waals surface area contributed by atoms with E-state index in [1.165, 1.54) is 4.90 Å². The van der Waals surface area contributed by atoms with Crippen molar-refractivity contribution in [3.05, 3.63) is 35.1 Å².